The van der Waals surface area contributed by atoms with E-state index in [1.165, 1.54) is 29.0 Å². The number of carbonyl (C=O) groups is 1. The van der Waals surface area contributed by atoms with Crippen molar-refractivity contribution in [3.63, 3.8) is 0 Å². The van der Waals surface area contributed by atoms with E-state index < -0.39 is 0 Å². The van der Waals surface area contributed by atoms with Crippen molar-refractivity contribution >= 4 is 34.8 Å². The van der Waals surface area contributed by atoms with Gasteiger partial charge in [-0.15, -0.1) is 23.7 Å². The number of rotatable bonds is 7. The van der Waals surface area contributed by atoms with E-state index in [1.54, 1.807) is 17.0 Å². The van der Waals surface area contributed by atoms with E-state index in [0.717, 1.165) is 24.2 Å². The molecule has 0 radical (unpaired) electrons. The predicted molar refractivity (Wildman–Crippen MR) is 135 cm³/mol. The van der Waals surface area contributed by atoms with Crippen LogP contribution in [-0.2, 0) is 5.41 Å². The van der Waals surface area contributed by atoms with Crippen molar-refractivity contribution in [3.05, 3.63) is 70.9 Å². The molecule has 0 bridgehead atoms. The number of anilines is 1. The van der Waals surface area contributed by atoms with Crippen LogP contribution in [0.15, 0.2) is 53.9 Å². The lowest BCUT2D eigenvalue weighted by molar-refractivity contribution is 0.0986. The lowest BCUT2D eigenvalue weighted by Gasteiger charge is -2.22. The van der Waals surface area contributed by atoms with Crippen molar-refractivity contribution in [1.29, 1.82) is 0 Å². The zero-order valence-electron chi connectivity index (χ0n) is 19.3. The maximum atomic E-state index is 13.4. The molecule has 1 aromatic heterocycles. The molecule has 172 valence electrons. The summed E-state index contributed by atoms with van der Waals surface area (Å²) in [5.74, 6) is -0.336. The largest absolute Gasteiger partial charge is 0.309 e. The average Bonchev–Trinajstić information content (AvgIpc) is 3.20. The van der Waals surface area contributed by atoms with Gasteiger partial charge in [0.15, 0.2) is 5.13 Å². The van der Waals surface area contributed by atoms with Gasteiger partial charge in [-0.1, -0.05) is 32.9 Å². The maximum absolute atomic E-state index is 13.4. The molecule has 0 spiro atoms. The van der Waals surface area contributed by atoms with E-state index in [-0.39, 0.29) is 29.5 Å². The van der Waals surface area contributed by atoms with Gasteiger partial charge in [0, 0.05) is 23.1 Å². The average molecular weight is 476 g/mol. The fraction of sp³-hybridized carbons (Fsp3) is 0.360. The summed E-state index contributed by atoms with van der Waals surface area (Å²) >= 11 is 1.43. The van der Waals surface area contributed by atoms with Gasteiger partial charge in [-0.2, -0.15) is 0 Å². The molecule has 3 rings (SSSR count). The summed E-state index contributed by atoms with van der Waals surface area (Å²) in [6.45, 7) is 7.93. The molecule has 0 aliphatic rings. The van der Waals surface area contributed by atoms with Crippen LogP contribution in [0.4, 0.5) is 9.52 Å². The topological polar surface area (TPSA) is 36.4 Å². The second-order valence-electron chi connectivity index (χ2n) is 8.96. The number of amides is 1. The summed E-state index contributed by atoms with van der Waals surface area (Å²) in [6.07, 6.45) is 0.838. The fourth-order valence-corrected chi connectivity index (χ4v) is 4.10. The first kappa shape index (κ1) is 26.0. The van der Waals surface area contributed by atoms with Gasteiger partial charge in [-0.05, 0) is 74.4 Å². The third kappa shape index (κ3) is 6.61. The summed E-state index contributed by atoms with van der Waals surface area (Å²) in [7, 11) is 4.04. The molecule has 32 heavy (non-hydrogen) atoms. The third-order valence-electron chi connectivity index (χ3n) is 5.09. The first-order chi connectivity index (χ1) is 14.6. The minimum Gasteiger partial charge on any atom is -0.309 e. The number of hydrogen-bond donors (Lipinski definition) is 0. The predicted octanol–water partition coefficient (Wildman–Crippen LogP) is 6.27. The second kappa shape index (κ2) is 11.0. The van der Waals surface area contributed by atoms with Crippen LogP contribution < -0.4 is 4.90 Å². The molecule has 0 aliphatic heterocycles. The van der Waals surface area contributed by atoms with Gasteiger partial charge in [0.25, 0.3) is 5.91 Å². The quantitative estimate of drug-likeness (QED) is 0.404. The zero-order chi connectivity index (χ0) is 22.6. The Morgan fingerprint density at radius 2 is 1.62 bits per heavy atom. The first-order valence-corrected chi connectivity index (χ1v) is 11.3. The summed E-state index contributed by atoms with van der Waals surface area (Å²) in [4.78, 5) is 22.0. The smallest absolute Gasteiger partial charge is 0.260 e. The van der Waals surface area contributed by atoms with Gasteiger partial charge in [-0.3, -0.25) is 9.69 Å². The van der Waals surface area contributed by atoms with Gasteiger partial charge in [0.1, 0.15) is 5.82 Å². The minimum absolute atomic E-state index is 0. The Kier molecular flexibility index (Phi) is 8.96. The van der Waals surface area contributed by atoms with Crippen molar-refractivity contribution < 1.29 is 9.18 Å². The molecule has 7 heteroatoms. The van der Waals surface area contributed by atoms with E-state index in [2.05, 4.69) is 25.7 Å². The van der Waals surface area contributed by atoms with Gasteiger partial charge in [0.2, 0.25) is 0 Å². The summed E-state index contributed by atoms with van der Waals surface area (Å²) in [6, 6.07) is 14.1. The molecular weight excluding hydrogens is 445 g/mol. The SMILES string of the molecule is CN(C)CCCN(C(=O)c1ccc(C(C)(C)C)cc1)c1nc(-c2ccc(F)cc2)cs1.Cl. The van der Waals surface area contributed by atoms with Gasteiger partial charge in [-0.25, -0.2) is 9.37 Å². The van der Waals surface area contributed by atoms with E-state index in [0.29, 0.717) is 17.2 Å². The van der Waals surface area contributed by atoms with Gasteiger partial charge < -0.3 is 4.90 Å². The van der Waals surface area contributed by atoms with E-state index >= 15 is 0 Å². The first-order valence-electron chi connectivity index (χ1n) is 10.4. The van der Waals surface area contributed by atoms with Crippen LogP contribution in [0.1, 0.15) is 43.1 Å². The van der Waals surface area contributed by atoms with E-state index in [9.17, 15) is 9.18 Å². The molecular formula is C25H31ClFN3OS. The van der Waals surface area contributed by atoms with E-state index in [1.807, 2.05) is 43.7 Å². The molecule has 0 N–H and O–H groups in total. The Hall–Kier alpha value is -2.28. The van der Waals surface area contributed by atoms with Crippen LogP contribution in [0.5, 0.6) is 0 Å². The summed E-state index contributed by atoms with van der Waals surface area (Å²) < 4.78 is 13.3. The molecule has 4 nitrogen and oxygen atoms in total. The van der Waals surface area contributed by atoms with Crippen LogP contribution in [0.25, 0.3) is 11.3 Å². The number of thiazole rings is 1. The molecule has 0 aliphatic carbocycles. The summed E-state index contributed by atoms with van der Waals surface area (Å²) in [5, 5.41) is 2.57. The molecule has 0 fully saturated rings. The maximum Gasteiger partial charge on any atom is 0.260 e. The normalized spacial score (nSPS) is 11.3. The lowest BCUT2D eigenvalue weighted by atomic mass is 9.86. The monoisotopic (exact) mass is 475 g/mol. The Morgan fingerprint density at radius 1 is 1.00 bits per heavy atom. The number of hydrogen-bond acceptors (Lipinski definition) is 4. The Labute approximate surface area is 200 Å². The van der Waals surface area contributed by atoms with Crippen LogP contribution in [0.2, 0.25) is 0 Å². The number of aromatic nitrogens is 1. The minimum atomic E-state index is -0.279. The molecule has 1 heterocycles. The highest BCUT2D eigenvalue weighted by atomic mass is 35.5. The molecule has 2 aromatic carbocycles. The van der Waals surface area contributed by atoms with Crippen LogP contribution in [0.3, 0.4) is 0 Å². The lowest BCUT2D eigenvalue weighted by Crippen LogP contribution is -2.33. The van der Waals surface area contributed by atoms with Crippen LogP contribution in [0, 0.1) is 5.82 Å². The second-order valence-corrected chi connectivity index (χ2v) is 9.80. The number of nitrogens with zero attached hydrogens (tertiary/aromatic N) is 3. The highest BCUT2D eigenvalue weighted by Gasteiger charge is 2.22. The third-order valence-corrected chi connectivity index (χ3v) is 5.96. The Balaban J connectivity index is 0.00000363. The van der Waals surface area contributed by atoms with Crippen LogP contribution in [-0.4, -0.2) is 43.0 Å². The molecule has 0 atom stereocenters. The molecule has 0 unspecified atom stereocenters. The Morgan fingerprint density at radius 3 is 2.19 bits per heavy atom. The molecule has 1 amide bonds. The van der Waals surface area contributed by atoms with Crippen molar-refractivity contribution in [2.24, 2.45) is 0 Å². The molecule has 0 saturated heterocycles. The van der Waals surface area contributed by atoms with E-state index in [4.69, 9.17) is 4.98 Å². The standard InChI is InChI=1S/C25H30FN3OS.ClH/c1-25(2,3)20-11-7-19(8-12-20)23(30)29(16-6-15-28(4)5)24-27-22(17-31-24)18-9-13-21(26)14-10-18;/h7-14,17H,6,15-16H2,1-5H3;1H. The van der Waals surface area contributed by atoms with Gasteiger partial charge >= 0.3 is 0 Å². The Bertz CT molecular complexity index is 1010. The summed E-state index contributed by atoms with van der Waals surface area (Å²) in [5.41, 5.74) is 3.45. The molecule has 3 aromatic rings. The van der Waals surface area contributed by atoms with Crippen molar-refractivity contribution in [3.8, 4) is 11.3 Å². The van der Waals surface area contributed by atoms with Gasteiger partial charge in [0.05, 0.1) is 5.69 Å². The van der Waals surface area contributed by atoms with Crippen molar-refractivity contribution in [1.82, 2.24) is 9.88 Å². The number of halogens is 2. The highest BCUT2D eigenvalue weighted by Crippen LogP contribution is 2.29. The van der Waals surface area contributed by atoms with Crippen LogP contribution >= 0.6 is 23.7 Å². The zero-order valence-corrected chi connectivity index (χ0v) is 20.9. The van der Waals surface area contributed by atoms with Crippen molar-refractivity contribution in [2.75, 3.05) is 32.1 Å². The van der Waals surface area contributed by atoms with Crippen molar-refractivity contribution in [2.45, 2.75) is 32.6 Å². The fourth-order valence-electron chi connectivity index (χ4n) is 3.24. The molecule has 0 saturated carbocycles. The number of benzene rings is 2. The number of carbonyl (C=O) groups excluding carboxylic acids is 1. The highest BCUT2D eigenvalue weighted by molar-refractivity contribution is 7.14.